The third-order valence-electron chi connectivity index (χ3n) is 6.37. The Morgan fingerprint density at radius 1 is 0.529 bits per heavy atom. The van der Waals surface area contributed by atoms with E-state index in [1.165, 1.54) is 32.0 Å². The van der Waals surface area contributed by atoms with Crippen LogP contribution in [0.1, 0.15) is 105 Å². The van der Waals surface area contributed by atoms with Crippen molar-refractivity contribution in [3.63, 3.8) is 0 Å². The van der Waals surface area contributed by atoms with Crippen LogP contribution in [0, 0.1) is 0 Å². The molecule has 0 aromatic heterocycles. The van der Waals surface area contributed by atoms with Gasteiger partial charge in [0.2, 0.25) is 0 Å². The summed E-state index contributed by atoms with van der Waals surface area (Å²) < 4.78 is 13.8. The Balaban J connectivity index is 2.42. The van der Waals surface area contributed by atoms with Gasteiger partial charge >= 0.3 is 217 Å². The molecule has 2 nitrogen and oxygen atoms in total. The van der Waals surface area contributed by atoms with Crippen LogP contribution in [-0.4, -0.2) is 13.9 Å². The van der Waals surface area contributed by atoms with Gasteiger partial charge in [-0.2, -0.15) is 0 Å². The number of benzene rings is 2. The van der Waals surface area contributed by atoms with Crippen LogP contribution < -0.4 is 7.53 Å². The van der Waals surface area contributed by atoms with Gasteiger partial charge in [-0.3, -0.25) is 0 Å². The van der Waals surface area contributed by atoms with E-state index in [1.807, 2.05) is 11.8 Å². The van der Waals surface area contributed by atoms with Crippen molar-refractivity contribution in [1.82, 2.24) is 0 Å². The van der Waals surface area contributed by atoms with E-state index in [2.05, 4.69) is 119 Å². The summed E-state index contributed by atoms with van der Waals surface area (Å²) >= 11 is -1.32. The van der Waals surface area contributed by atoms with E-state index in [1.54, 1.807) is 0 Å². The Morgan fingerprint density at radius 2 is 0.853 bits per heavy atom. The molecule has 0 unspecified atom stereocenters. The SMILES string of the molecule is CC(C)(C)c1cc2c(c(C(C)(C)C)c1)[O][Ge]([CH3])([CH3])[O]c1c(cc(C(C)(C)C)cc1C(C)(C)C)S2. The summed E-state index contributed by atoms with van der Waals surface area (Å²) in [6, 6.07) is 9.46. The topological polar surface area (TPSA) is 18.5 Å². The zero-order chi connectivity index (χ0) is 26.1. The van der Waals surface area contributed by atoms with Gasteiger partial charge < -0.3 is 0 Å². The molecule has 0 saturated carbocycles. The summed E-state index contributed by atoms with van der Waals surface area (Å²) in [6.45, 7) is 27.5. The first-order valence-corrected chi connectivity index (χ1v) is 19.3. The van der Waals surface area contributed by atoms with Crippen LogP contribution in [0.5, 0.6) is 11.5 Å². The molecule has 1 aliphatic heterocycles. The third-order valence-corrected chi connectivity index (χ3v) is 10.3. The Bertz CT molecular complexity index is 1000. The fraction of sp³-hybridized carbons (Fsp3) is 0.600. The molecule has 0 bridgehead atoms. The van der Waals surface area contributed by atoms with Gasteiger partial charge in [-0.25, -0.2) is 0 Å². The van der Waals surface area contributed by atoms with Crippen LogP contribution in [0.4, 0.5) is 0 Å². The van der Waals surface area contributed by atoms with E-state index in [0.29, 0.717) is 0 Å². The molecule has 1 aliphatic rings. The molecular formula is C30H46GeO2S. The normalized spacial score (nSPS) is 16.5. The Hall–Kier alpha value is -1.07. The van der Waals surface area contributed by atoms with Crippen LogP contribution in [0.25, 0.3) is 0 Å². The quantitative estimate of drug-likeness (QED) is 0.309. The summed E-state index contributed by atoms with van der Waals surface area (Å²) in [5.74, 6) is 6.49. The van der Waals surface area contributed by atoms with Crippen molar-refractivity contribution in [1.29, 1.82) is 0 Å². The molecule has 34 heavy (non-hydrogen) atoms. The van der Waals surface area contributed by atoms with E-state index < -0.39 is 13.9 Å². The molecule has 2 aromatic carbocycles. The summed E-state index contributed by atoms with van der Waals surface area (Å²) in [4.78, 5) is 2.43. The van der Waals surface area contributed by atoms with Gasteiger partial charge in [0.15, 0.2) is 0 Å². The maximum atomic E-state index is 6.92. The third kappa shape index (κ3) is 5.83. The summed E-state index contributed by atoms with van der Waals surface area (Å²) in [5, 5.41) is 0. The van der Waals surface area contributed by atoms with Crippen LogP contribution in [0.2, 0.25) is 11.5 Å². The Labute approximate surface area is 216 Å². The molecule has 188 valence electrons. The fourth-order valence-corrected chi connectivity index (χ4v) is 8.66. The molecule has 4 heteroatoms. The first kappa shape index (κ1) is 27.5. The standard InChI is InChI=1S/C30H46GeO2S/c1-27(2,3)19-15-21(29(7,8)9)25-23(17-19)34-24-18-20(28(4,5)6)16-22(30(10,11)12)26(24)33-31(13,14)32-25/h15-18H,1-14H3. The molecule has 0 spiro atoms. The molecule has 1 heterocycles. The number of rotatable bonds is 0. The van der Waals surface area contributed by atoms with Crippen molar-refractivity contribution < 1.29 is 7.53 Å². The second-order valence-electron chi connectivity index (χ2n) is 14.4. The average Bonchev–Trinajstić information content (AvgIpc) is 2.58. The molecule has 0 aliphatic carbocycles. The van der Waals surface area contributed by atoms with Crippen molar-refractivity contribution in [2.75, 3.05) is 0 Å². The van der Waals surface area contributed by atoms with Crippen LogP contribution in [-0.2, 0) is 21.7 Å². The van der Waals surface area contributed by atoms with Gasteiger partial charge in [-0.05, 0) is 0 Å². The molecule has 3 rings (SSSR count). The predicted molar refractivity (Wildman–Crippen MR) is 151 cm³/mol. The summed E-state index contributed by atoms with van der Waals surface area (Å²) in [7, 11) is 0. The summed E-state index contributed by atoms with van der Waals surface area (Å²) in [5.41, 5.74) is 5.29. The van der Waals surface area contributed by atoms with Gasteiger partial charge in [-0.15, -0.1) is 0 Å². The van der Waals surface area contributed by atoms with Crippen molar-refractivity contribution in [2.24, 2.45) is 0 Å². The zero-order valence-electron chi connectivity index (χ0n) is 24.0. The number of hydrogen-bond acceptors (Lipinski definition) is 3. The van der Waals surface area contributed by atoms with Crippen LogP contribution in [0.3, 0.4) is 0 Å². The first-order valence-electron chi connectivity index (χ1n) is 12.5. The molecule has 0 amide bonds. The van der Waals surface area contributed by atoms with E-state index in [9.17, 15) is 0 Å². The van der Waals surface area contributed by atoms with Crippen LogP contribution in [0.15, 0.2) is 34.1 Å². The van der Waals surface area contributed by atoms with Gasteiger partial charge in [-0.1, -0.05) is 0 Å². The van der Waals surface area contributed by atoms with E-state index in [-0.39, 0.29) is 21.7 Å². The van der Waals surface area contributed by atoms with E-state index >= 15 is 0 Å². The Kier molecular flexibility index (Phi) is 6.89. The molecule has 0 N–H and O–H groups in total. The minimum atomic E-state index is -3.14. The first-order chi connectivity index (χ1) is 15.1. The monoisotopic (exact) mass is 544 g/mol. The predicted octanol–water partition coefficient (Wildman–Crippen LogP) is 9.50. The molecule has 0 saturated heterocycles. The maximum absolute atomic E-state index is 6.92. The van der Waals surface area contributed by atoms with Gasteiger partial charge in [0.25, 0.3) is 0 Å². The van der Waals surface area contributed by atoms with Crippen molar-refractivity contribution >= 4 is 25.7 Å². The second kappa shape index (κ2) is 8.51. The van der Waals surface area contributed by atoms with Crippen LogP contribution >= 0.6 is 11.8 Å². The van der Waals surface area contributed by atoms with E-state index in [4.69, 9.17) is 7.53 Å². The fourth-order valence-electron chi connectivity index (χ4n) is 4.18. The molecule has 0 fully saturated rings. The molecule has 0 atom stereocenters. The van der Waals surface area contributed by atoms with Crippen molar-refractivity contribution in [3.8, 4) is 11.5 Å². The average molecular weight is 543 g/mol. The number of hydrogen-bond donors (Lipinski definition) is 0. The van der Waals surface area contributed by atoms with E-state index in [0.717, 1.165) is 11.5 Å². The second-order valence-corrected chi connectivity index (χ2v) is 22.2. The number of fused-ring (bicyclic) bond motifs is 2. The Morgan fingerprint density at radius 3 is 1.12 bits per heavy atom. The minimum absolute atomic E-state index is 0.0317. The summed E-state index contributed by atoms with van der Waals surface area (Å²) in [6.07, 6.45) is 0. The van der Waals surface area contributed by atoms with Crippen molar-refractivity contribution in [2.45, 2.75) is 126 Å². The van der Waals surface area contributed by atoms with Crippen molar-refractivity contribution in [3.05, 3.63) is 46.5 Å². The molecule has 2 aromatic rings. The molecular weight excluding hydrogens is 497 g/mol. The van der Waals surface area contributed by atoms with Gasteiger partial charge in [0.05, 0.1) is 0 Å². The van der Waals surface area contributed by atoms with Gasteiger partial charge in [0.1, 0.15) is 0 Å². The zero-order valence-corrected chi connectivity index (χ0v) is 26.9. The van der Waals surface area contributed by atoms with Gasteiger partial charge in [0, 0.05) is 0 Å². The molecule has 0 radical (unpaired) electrons.